The molecule has 2 aromatic rings. The standard InChI is InChI=1S/C15H20N2O3/c1-11(16)7-12-3-5-14(6-4-12)19-9-13-8-15(10-18-2)20-17-13/h3-6,8,11H,7,9-10,16H2,1-2H3. The van der Waals surface area contributed by atoms with Gasteiger partial charge in [0.2, 0.25) is 0 Å². The fourth-order valence-electron chi connectivity index (χ4n) is 1.88. The highest BCUT2D eigenvalue weighted by Gasteiger charge is 2.05. The minimum atomic E-state index is 0.163. The molecule has 1 heterocycles. The number of nitrogens with zero attached hydrogens (tertiary/aromatic N) is 1. The van der Waals surface area contributed by atoms with E-state index in [0.717, 1.165) is 17.9 Å². The summed E-state index contributed by atoms with van der Waals surface area (Å²) in [5.74, 6) is 1.49. The number of benzene rings is 1. The van der Waals surface area contributed by atoms with Gasteiger partial charge in [0, 0.05) is 19.2 Å². The van der Waals surface area contributed by atoms with Crippen molar-refractivity contribution >= 4 is 0 Å². The first-order chi connectivity index (χ1) is 9.67. The first-order valence-corrected chi connectivity index (χ1v) is 6.58. The summed E-state index contributed by atoms with van der Waals surface area (Å²) in [6.07, 6.45) is 0.865. The van der Waals surface area contributed by atoms with E-state index in [-0.39, 0.29) is 6.04 Å². The van der Waals surface area contributed by atoms with Crippen LogP contribution in [0.25, 0.3) is 0 Å². The Morgan fingerprint density at radius 3 is 2.65 bits per heavy atom. The zero-order valence-electron chi connectivity index (χ0n) is 11.8. The first kappa shape index (κ1) is 14.6. The number of methoxy groups -OCH3 is 1. The molecule has 2 N–H and O–H groups in total. The number of hydrogen-bond donors (Lipinski definition) is 1. The molecule has 1 atom stereocenters. The Morgan fingerprint density at radius 2 is 2.00 bits per heavy atom. The summed E-state index contributed by atoms with van der Waals surface area (Å²) in [6, 6.07) is 9.92. The lowest BCUT2D eigenvalue weighted by Crippen LogP contribution is -2.17. The first-order valence-electron chi connectivity index (χ1n) is 6.58. The molecule has 0 aliphatic heterocycles. The van der Waals surface area contributed by atoms with Crippen LogP contribution in [0.1, 0.15) is 23.9 Å². The highest BCUT2D eigenvalue weighted by molar-refractivity contribution is 5.27. The van der Waals surface area contributed by atoms with Gasteiger partial charge in [-0.1, -0.05) is 17.3 Å². The second-order valence-corrected chi connectivity index (χ2v) is 4.83. The summed E-state index contributed by atoms with van der Waals surface area (Å²) in [7, 11) is 1.61. The average molecular weight is 276 g/mol. The molecule has 2 rings (SSSR count). The zero-order chi connectivity index (χ0) is 14.4. The molecule has 0 aliphatic rings. The van der Waals surface area contributed by atoms with Crippen LogP contribution < -0.4 is 10.5 Å². The Bertz CT molecular complexity index is 520. The molecule has 1 aromatic heterocycles. The van der Waals surface area contributed by atoms with E-state index in [1.165, 1.54) is 5.56 Å². The van der Waals surface area contributed by atoms with E-state index in [4.69, 9.17) is 19.7 Å². The third-order valence-corrected chi connectivity index (χ3v) is 2.76. The topological polar surface area (TPSA) is 70.5 Å². The number of aromatic nitrogens is 1. The maximum Gasteiger partial charge on any atom is 0.162 e. The van der Waals surface area contributed by atoms with Crippen molar-refractivity contribution in [2.75, 3.05) is 7.11 Å². The molecule has 108 valence electrons. The van der Waals surface area contributed by atoms with Gasteiger partial charge in [-0.05, 0) is 31.0 Å². The maximum atomic E-state index is 5.76. The van der Waals surface area contributed by atoms with Crippen molar-refractivity contribution in [1.29, 1.82) is 0 Å². The minimum absolute atomic E-state index is 0.163. The molecule has 1 aromatic carbocycles. The Balaban J connectivity index is 1.86. The van der Waals surface area contributed by atoms with Crippen LogP contribution in [-0.4, -0.2) is 18.3 Å². The number of hydrogen-bond acceptors (Lipinski definition) is 5. The Morgan fingerprint density at radius 1 is 1.25 bits per heavy atom. The highest BCUT2D eigenvalue weighted by atomic mass is 16.5. The lowest BCUT2D eigenvalue weighted by atomic mass is 10.1. The van der Waals surface area contributed by atoms with Crippen LogP contribution in [0.15, 0.2) is 34.9 Å². The van der Waals surface area contributed by atoms with Crippen molar-refractivity contribution in [2.45, 2.75) is 32.6 Å². The van der Waals surface area contributed by atoms with E-state index < -0.39 is 0 Å². The predicted molar refractivity (Wildman–Crippen MR) is 75.3 cm³/mol. The van der Waals surface area contributed by atoms with Gasteiger partial charge in [-0.15, -0.1) is 0 Å². The van der Waals surface area contributed by atoms with E-state index in [2.05, 4.69) is 5.16 Å². The van der Waals surface area contributed by atoms with E-state index in [9.17, 15) is 0 Å². The van der Waals surface area contributed by atoms with Gasteiger partial charge < -0.3 is 19.7 Å². The van der Waals surface area contributed by atoms with Crippen LogP contribution in [0.3, 0.4) is 0 Å². The summed E-state index contributed by atoms with van der Waals surface area (Å²) < 4.78 is 15.7. The summed E-state index contributed by atoms with van der Waals surface area (Å²) in [4.78, 5) is 0. The zero-order valence-corrected chi connectivity index (χ0v) is 11.8. The lowest BCUT2D eigenvalue weighted by molar-refractivity contribution is 0.155. The van der Waals surface area contributed by atoms with Crippen LogP contribution in [-0.2, 0) is 24.4 Å². The number of nitrogens with two attached hydrogens (primary N) is 1. The van der Waals surface area contributed by atoms with E-state index in [1.54, 1.807) is 7.11 Å². The Hall–Kier alpha value is -1.85. The van der Waals surface area contributed by atoms with Gasteiger partial charge in [-0.3, -0.25) is 0 Å². The summed E-state index contributed by atoms with van der Waals surface area (Å²) in [5, 5.41) is 3.91. The van der Waals surface area contributed by atoms with Gasteiger partial charge in [0.05, 0.1) is 0 Å². The van der Waals surface area contributed by atoms with Crippen LogP contribution in [0, 0.1) is 0 Å². The molecule has 1 unspecified atom stereocenters. The van der Waals surface area contributed by atoms with Crippen molar-refractivity contribution < 1.29 is 14.0 Å². The molecule has 0 aliphatic carbocycles. The lowest BCUT2D eigenvalue weighted by Gasteiger charge is -2.07. The SMILES string of the molecule is COCc1cc(COc2ccc(CC(C)N)cc2)no1. The molecule has 5 heteroatoms. The van der Waals surface area contributed by atoms with Crippen molar-refractivity contribution in [1.82, 2.24) is 5.16 Å². The Kier molecular flexibility index (Phi) is 5.15. The monoisotopic (exact) mass is 276 g/mol. The molecule has 0 fully saturated rings. The van der Waals surface area contributed by atoms with Gasteiger partial charge in [0.25, 0.3) is 0 Å². The largest absolute Gasteiger partial charge is 0.487 e. The molecule has 0 spiro atoms. The highest BCUT2D eigenvalue weighted by Crippen LogP contribution is 2.15. The van der Waals surface area contributed by atoms with Gasteiger partial charge in [-0.25, -0.2) is 0 Å². The molecule has 0 bridgehead atoms. The fourth-order valence-corrected chi connectivity index (χ4v) is 1.88. The Labute approximate surface area is 118 Å². The van der Waals surface area contributed by atoms with Gasteiger partial charge in [0.1, 0.15) is 24.7 Å². The quantitative estimate of drug-likeness (QED) is 0.840. The number of rotatable bonds is 7. The van der Waals surface area contributed by atoms with E-state index >= 15 is 0 Å². The summed E-state index contributed by atoms with van der Waals surface area (Å²) in [5.41, 5.74) is 7.72. The molecular weight excluding hydrogens is 256 g/mol. The third kappa shape index (κ3) is 4.36. The van der Waals surface area contributed by atoms with Crippen molar-refractivity contribution in [2.24, 2.45) is 5.73 Å². The van der Waals surface area contributed by atoms with E-state index in [0.29, 0.717) is 19.0 Å². The second-order valence-electron chi connectivity index (χ2n) is 4.83. The second kappa shape index (κ2) is 7.07. The molecule has 5 nitrogen and oxygen atoms in total. The van der Waals surface area contributed by atoms with E-state index in [1.807, 2.05) is 37.3 Å². The fraction of sp³-hybridized carbons (Fsp3) is 0.400. The van der Waals surface area contributed by atoms with Crippen LogP contribution in [0.4, 0.5) is 0 Å². The van der Waals surface area contributed by atoms with Crippen molar-refractivity contribution in [3.05, 3.63) is 47.3 Å². The number of ether oxygens (including phenoxy) is 2. The van der Waals surface area contributed by atoms with Crippen LogP contribution in [0.5, 0.6) is 5.75 Å². The molecule has 0 amide bonds. The predicted octanol–water partition coefficient (Wildman–Crippen LogP) is 2.29. The van der Waals surface area contributed by atoms with Crippen molar-refractivity contribution in [3.8, 4) is 5.75 Å². The minimum Gasteiger partial charge on any atom is -0.487 e. The normalized spacial score (nSPS) is 12.3. The van der Waals surface area contributed by atoms with Gasteiger partial charge in [-0.2, -0.15) is 0 Å². The molecule has 0 saturated carbocycles. The summed E-state index contributed by atoms with van der Waals surface area (Å²) >= 11 is 0. The average Bonchev–Trinajstić information content (AvgIpc) is 2.86. The molecular formula is C15H20N2O3. The van der Waals surface area contributed by atoms with Gasteiger partial charge in [0.15, 0.2) is 5.76 Å². The maximum absolute atomic E-state index is 5.76. The van der Waals surface area contributed by atoms with Crippen LogP contribution >= 0.6 is 0 Å². The molecule has 0 radical (unpaired) electrons. The summed E-state index contributed by atoms with van der Waals surface area (Å²) in [6.45, 7) is 2.78. The van der Waals surface area contributed by atoms with Gasteiger partial charge >= 0.3 is 0 Å². The smallest absolute Gasteiger partial charge is 0.162 e. The van der Waals surface area contributed by atoms with Crippen LogP contribution in [0.2, 0.25) is 0 Å². The van der Waals surface area contributed by atoms with Crippen molar-refractivity contribution in [3.63, 3.8) is 0 Å². The molecule has 20 heavy (non-hydrogen) atoms. The molecule has 0 saturated heterocycles. The third-order valence-electron chi connectivity index (χ3n) is 2.76.